The zero-order chi connectivity index (χ0) is 30.0. The van der Waals surface area contributed by atoms with E-state index in [4.69, 9.17) is 16.3 Å². The fourth-order valence-electron chi connectivity index (χ4n) is 5.54. The molecule has 0 atom stereocenters. The molecule has 11 heteroatoms. The minimum atomic E-state index is -0.671. The van der Waals surface area contributed by atoms with Crippen LogP contribution in [0.2, 0.25) is 5.02 Å². The number of benzene rings is 2. The van der Waals surface area contributed by atoms with Crippen LogP contribution in [0.4, 0.5) is 8.78 Å². The number of halogens is 3. The van der Waals surface area contributed by atoms with Gasteiger partial charge in [-0.2, -0.15) is 0 Å². The first-order chi connectivity index (χ1) is 20.2. The number of methoxy groups -OCH3 is 1. The molecule has 1 fully saturated rings. The topological polar surface area (TPSA) is 83.6 Å². The summed E-state index contributed by atoms with van der Waals surface area (Å²) in [5.41, 5.74) is 2.61. The molecule has 2 heterocycles. The molecule has 42 heavy (non-hydrogen) atoms. The molecule has 0 spiro atoms. The quantitative estimate of drug-likeness (QED) is 0.239. The second-order valence-electron chi connectivity index (χ2n) is 10.2. The molecule has 0 bridgehead atoms. The second-order valence-corrected chi connectivity index (χ2v) is 11.6. The van der Waals surface area contributed by atoms with Gasteiger partial charge >= 0.3 is 0 Å². The molecule has 1 aliphatic carbocycles. The number of nitrogens with zero attached hydrogens (tertiary/aromatic N) is 2. The lowest BCUT2D eigenvalue weighted by Crippen LogP contribution is -2.44. The number of rotatable bonds is 8. The lowest BCUT2D eigenvalue weighted by atomic mass is 9.89. The first kappa shape index (κ1) is 29.9. The van der Waals surface area contributed by atoms with Crippen LogP contribution in [0.3, 0.4) is 0 Å². The number of thiophene rings is 1. The normalized spacial score (nSPS) is 16.8. The highest BCUT2D eigenvalue weighted by Gasteiger charge is 2.33. The van der Waals surface area contributed by atoms with E-state index >= 15 is 0 Å². The van der Waals surface area contributed by atoms with Crippen molar-refractivity contribution in [3.8, 4) is 16.9 Å². The second kappa shape index (κ2) is 12.7. The zero-order valence-corrected chi connectivity index (χ0v) is 25.0. The van der Waals surface area contributed by atoms with E-state index in [1.165, 1.54) is 0 Å². The Morgan fingerprint density at radius 2 is 1.76 bits per heavy atom. The highest BCUT2D eigenvalue weighted by atomic mass is 35.5. The molecular weight excluding hydrogens is 582 g/mol. The number of ether oxygens (including phenoxy) is 1. The Morgan fingerprint density at radius 3 is 2.43 bits per heavy atom. The van der Waals surface area contributed by atoms with Crippen molar-refractivity contribution in [3.63, 3.8) is 0 Å². The van der Waals surface area contributed by atoms with Gasteiger partial charge in [0.25, 0.3) is 11.8 Å². The molecule has 7 nitrogen and oxygen atoms in total. The van der Waals surface area contributed by atoms with Crippen molar-refractivity contribution in [1.29, 1.82) is 0 Å². The van der Waals surface area contributed by atoms with E-state index in [0.717, 1.165) is 65.8 Å². The van der Waals surface area contributed by atoms with Gasteiger partial charge in [0.2, 0.25) is 0 Å². The SMILES string of the molecule is CNC(=O)c1cc(-c2ccc(OC)c(CN(C(=O)c3sc4c(F)ccc(F)c4c3Cl)[C@H]3CC[C@H](NC)CC3)c2)ccn1. The number of hydrogen-bond acceptors (Lipinski definition) is 6. The van der Waals surface area contributed by atoms with E-state index in [1.807, 2.05) is 25.2 Å². The molecule has 0 aliphatic heterocycles. The van der Waals surface area contributed by atoms with Gasteiger partial charge in [-0.15, -0.1) is 11.3 Å². The molecular formula is C31H31ClF2N4O3S. The van der Waals surface area contributed by atoms with Gasteiger partial charge in [-0.1, -0.05) is 17.7 Å². The predicted molar refractivity (Wildman–Crippen MR) is 161 cm³/mol. The van der Waals surface area contributed by atoms with Gasteiger partial charge < -0.3 is 20.3 Å². The summed E-state index contributed by atoms with van der Waals surface area (Å²) in [6, 6.07) is 11.4. The van der Waals surface area contributed by atoms with E-state index in [1.54, 1.807) is 37.4 Å². The van der Waals surface area contributed by atoms with Gasteiger partial charge in [0.15, 0.2) is 0 Å². The summed E-state index contributed by atoms with van der Waals surface area (Å²) in [6.07, 6.45) is 4.84. The Morgan fingerprint density at radius 1 is 1.05 bits per heavy atom. The number of aromatic nitrogens is 1. The highest BCUT2D eigenvalue weighted by Crippen LogP contribution is 2.40. The molecule has 2 amide bonds. The van der Waals surface area contributed by atoms with E-state index < -0.39 is 11.6 Å². The molecule has 2 N–H and O–H groups in total. The van der Waals surface area contributed by atoms with Crippen LogP contribution in [-0.2, 0) is 6.54 Å². The van der Waals surface area contributed by atoms with Crippen LogP contribution in [0.1, 0.15) is 51.4 Å². The number of nitrogens with one attached hydrogen (secondary N) is 2. The monoisotopic (exact) mass is 612 g/mol. The summed E-state index contributed by atoms with van der Waals surface area (Å²) < 4.78 is 35.0. The Bertz CT molecular complexity index is 1640. The van der Waals surface area contributed by atoms with Crippen molar-refractivity contribution < 1.29 is 23.1 Å². The van der Waals surface area contributed by atoms with E-state index in [0.29, 0.717) is 11.8 Å². The third-order valence-electron chi connectivity index (χ3n) is 7.86. The first-order valence-corrected chi connectivity index (χ1v) is 14.8. The lowest BCUT2D eigenvalue weighted by Gasteiger charge is -2.37. The van der Waals surface area contributed by atoms with E-state index in [-0.39, 0.29) is 50.1 Å². The minimum absolute atomic E-state index is 0.0198. The molecule has 4 aromatic rings. The van der Waals surface area contributed by atoms with Crippen LogP contribution in [-0.4, -0.2) is 55.0 Å². The van der Waals surface area contributed by atoms with Gasteiger partial charge in [0.05, 0.1) is 22.2 Å². The van der Waals surface area contributed by atoms with Crippen molar-refractivity contribution in [2.24, 2.45) is 0 Å². The summed E-state index contributed by atoms with van der Waals surface area (Å²) in [6.45, 7) is 0.188. The largest absolute Gasteiger partial charge is 0.496 e. The standard InChI is InChI=1S/C31H31ClF2N4O3S/c1-35-20-5-7-21(8-6-20)38(31(40)29-27(32)26-22(33)9-10-23(34)28(26)42-29)16-19-14-17(4-11-25(19)41-3)18-12-13-37-24(15-18)30(39)36-2/h4,9-15,20-21,35H,5-8,16H2,1-3H3,(H,36,39)/t20-,21-. The van der Waals surface area contributed by atoms with Crippen LogP contribution in [0, 0.1) is 11.6 Å². The molecule has 1 aliphatic rings. The number of carbonyl (C=O) groups is 2. The number of pyridine rings is 1. The summed E-state index contributed by atoms with van der Waals surface area (Å²) in [4.78, 5) is 32.4. The molecule has 0 unspecified atom stereocenters. The average Bonchev–Trinajstić information content (AvgIpc) is 3.39. The van der Waals surface area contributed by atoms with Crippen molar-refractivity contribution in [2.45, 2.75) is 44.3 Å². The molecule has 2 aromatic heterocycles. The summed E-state index contributed by atoms with van der Waals surface area (Å²) in [5.74, 6) is -1.39. The van der Waals surface area contributed by atoms with E-state index in [2.05, 4.69) is 15.6 Å². The predicted octanol–water partition coefficient (Wildman–Crippen LogP) is 6.44. The van der Waals surface area contributed by atoms with Crippen molar-refractivity contribution in [3.05, 3.63) is 81.5 Å². The molecule has 0 radical (unpaired) electrons. The van der Waals surface area contributed by atoms with Crippen LogP contribution >= 0.6 is 22.9 Å². The zero-order valence-electron chi connectivity index (χ0n) is 23.5. The maximum Gasteiger partial charge on any atom is 0.269 e. The van der Waals surface area contributed by atoms with Crippen LogP contribution in [0.5, 0.6) is 5.75 Å². The average molecular weight is 613 g/mol. The fraction of sp³-hybridized carbons (Fsp3) is 0.323. The van der Waals surface area contributed by atoms with Crippen LogP contribution in [0.15, 0.2) is 48.7 Å². The Kier molecular flexibility index (Phi) is 9.05. The van der Waals surface area contributed by atoms with Gasteiger partial charge in [-0.3, -0.25) is 14.6 Å². The third kappa shape index (κ3) is 5.84. The van der Waals surface area contributed by atoms with E-state index in [9.17, 15) is 18.4 Å². The summed E-state index contributed by atoms with van der Waals surface area (Å²) >= 11 is 7.43. The van der Waals surface area contributed by atoms with Gasteiger partial charge in [-0.05, 0) is 80.3 Å². The van der Waals surface area contributed by atoms with Crippen molar-refractivity contribution in [2.75, 3.05) is 21.2 Å². The van der Waals surface area contributed by atoms with Crippen LogP contribution < -0.4 is 15.4 Å². The molecule has 2 aromatic carbocycles. The maximum absolute atomic E-state index is 14.7. The van der Waals surface area contributed by atoms with Crippen molar-refractivity contribution in [1.82, 2.24) is 20.5 Å². The fourth-order valence-corrected chi connectivity index (χ4v) is 7.04. The highest BCUT2D eigenvalue weighted by molar-refractivity contribution is 7.21. The van der Waals surface area contributed by atoms with Gasteiger partial charge in [-0.25, -0.2) is 8.78 Å². The minimum Gasteiger partial charge on any atom is -0.496 e. The molecule has 220 valence electrons. The van der Waals surface area contributed by atoms with Gasteiger partial charge in [0.1, 0.15) is 28.0 Å². The lowest BCUT2D eigenvalue weighted by molar-refractivity contribution is 0.0604. The Balaban J connectivity index is 1.56. The molecule has 1 saturated carbocycles. The number of carbonyl (C=O) groups excluding carboxylic acids is 2. The summed E-state index contributed by atoms with van der Waals surface area (Å²) in [7, 11) is 5.04. The first-order valence-electron chi connectivity index (χ1n) is 13.6. The van der Waals surface area contributed by atoms with Crippen molar-refractivity contribution >= 4 is 44.8 Å². The molecule has 0 saturated heterocycles. The Hall–Kier alpha value is -3.60. The van der Waals surface area contributed by atoms with Crippen LogP contribution in [0.25, 0.3) is 21.2 Å². The Labute approximate surface area is 251 Å². The molecule has 5 rings (SSSR count). The number of amides is 2. The maximum atomic E-state index is 14.7. The smallest absolute Gasteiger partial charge is 0.269 e. The number of fused-ring (bicyclic) bond motifs is 1. The summed E-state index contributed by atoms with van der Waals surface area (Å²) in [5, 5.41) is 5.74. The third-order valence-corrected chi connectivity index (χ3v) is 9.53. The number of hydrogen-bond donors (Lipinski definition) is 2. The van der Waals surface area contributed by atoms with Gasteiger partial charge in [0, 0.05) is 37.4 Å².